The van der Waals surface area contributed by atoms with E-state index in [1.54, 1.807) is 0 Å². The molecule has 1 aliphatic rings. The Hall–Kier alpha value is -1.78. The molecule has 0 radical (unpaired) electrons. The number of halogens is 3. The van der Waals surface area contributed by atoms with Gasteiger partial charge in [-0.05, 0) is 30.5 Å². The van der Waals surface area contributed by atoms with Gasteiger partial charge in [-0.2, -0.15) is 13.2 Å². The molecule has 1 amide bonds. The number of alkyl halides is 3. The summed E-state index contributed by atoms with van der Waals surface area (Å²) in [6.45, 7) is 3.42. The van der Waals surface area contributed by atoms with E-state index in [9.17, 15) is 18.0 Å². The van der Waals surface area contributed by atoms with Crippen LogP contribution in [0, 0.1) is 0 Å². The van der Waals surface area contributed by atoms with E-state index in [0.717, 1.165) is 18.9 Å². The minimum atomic E-state index is -4.55. The second-order valence-electron chi connectivity index (χ2n) is 4.25. The first kappa shape index (κ1) is 12.7. The second-order valence-corrected chi connectivity index (χ2v) is 4.25. The summed E-state index contributed by atoms with van der Waals surface area (Å²) >= 11 is 0. The summed E-state index contributed by atoms with van der Waals surface area (Å²) in [5, 5.41) is 2.56. The maximum Gasteiger partial charge on any atom is 0.417 e. The standard InChI is InChI=1S/C13H12F3NO/c1-2-8-3-6-10(11(7-8)13(14,15)16)12(18)17-9-4-5-9/h2-3,6-7,9H,1,4-5H2,(H,17,18). The number of amides is 1. The van der Waals surface area contributed by atoms with E-state index in [1.165, 1.54) is 18.2 Å². The number of nitrogens with one attached hydrogen (secondary N) is 1. The van der Waals surface area contributed by atoms with Crippen LogP contribution in [-0.2, 0) is 6.18 Å². The van der Waals surface area contributed by atoms with Crippen LogP contribution in [-0.4, -0.2) is 11.9 Å². The molecular weight excluding hydrogens is 243 g/mol. The molecule has 0 spiro atoms. The van der Waals surface area contributed by atoms with Gasteiger partial charge in [-0.3, -0.25) is 4.79 Å². The lowest BCUT2D eigenvalue weighted by Gasteiger charge is -2.13. The lowest BCUT2D eigenvalue weighted by atomic mass is 10.0. The van der Waals surface area contributed by atoms with Gasteiger partial charge in [-0.1, -0.05) is 18.7 Å². The van der Waals surface area contributed by atoms with E-state index >= 15 is 0 Å². The fraction of sp³-hybridized carbons (Fsp3) is 0.308. The lowest BCUT2D eigenvalue weighted by Crippen LogP contribution is -2.28. The number of carbonyl (C=O) groups is 1. The van der Waals surface area contributed by atoms with Crippen LogP contribution in [0.3, 0.4) is 0 Å². The summed E-state index contributed by atoms with van der Waals surface area (Å²) in [7, 11) is 0. The maximum absolute atomic E-state index is 12.9. The predicted octanol–water partition coefficient (Wildman–Crippen LogP) is 3.24. The van der Waals surface area contributed by atoms with Crippen LogP contribution in [0.5, 0.6) is 0 Å². The number of rotatable bonds is 3. The Labute approximate surface area is 102 Å². The predicted molar refractivity (Wildman–Crippen MR) is 62.0 cm³/mol. The van der Waals surface area contributed by atoms with Crippen molar-refractivity contribution in [2.45, 2.75) is 25.1 Å². The Bertz CT molecular complexity index is 489. The molecule has 2 rings (SSSR count). The SMILES string of the molecule is C=Cc1ccc(C(=O)NC2CC2)c(C(F)(F)F)c1. The Morgan fingerprint density at radius 2 is 2.06 bits per heavy atom. The summed E-state index contributed by atoms with van der Waals surface area (Å²) < 4.78 is 38.6. The lowest BCUT2D eigenvalue weighted by molar-refractivity contribution is -0.137. The quantitative estimate of drug-likeness (QED) is 0.882. The van der Waals surface area contributed by atoms with Crippen LogP contribution in [0.4, 0.5) is 13.2 Å². The molecule has 1 N–H and O–H groups in total. The van der Waals surface area contributed by atoms with E-state index in [4.69, 9.17) is 0 Å². The highest BCUT2D eigenvalue weighted by molar-refractivity contribution is 5.96. The average Bonchev–Trinajstić information content (AvgIpc) is 3.11. The smallest absolute Gasteiger partial charge is 0.349 e. The van der Waals surface area contributed by atoms with Crippen LogP contribution >= 0.6 is 0 Å². The Balaban J connectivity index is 2.38. The fourth-order valence-corrected chi connectivity index (χ4v) is 1.61. The summed E-state index contributed by atoms with van der Waals surface area (Å²) in [6.07, 6.45) is -1.57. The molecule has 1 saturated carbocycles. The van der Waals surface area contributed by atoms with Gasteiger partial charge in [-0.25, -0.2) is 0 Å². The van der Waals surface area contributed by atoms with E-state index in [2.05, 4.69) is 11.9 Å². The molecular formula is C13H12F3NO. The van der Waals surface area contributed by atoms with Gasteiger partial charge >= 0.3 is 6.18 Å². The third-order valence-corrected chi connectivity index (χ3v) is 2.74. The highest BCUT2D eigenvalue weighted by Gasteiger charge is 2.36. The second kappa shape index (κ2) is 4.48. The first-order valence-corrected chi connectivity index (χ1v) is 5.56. The van der Waals surface area contributed by atoms with Crippen molar-refractivity contribution in [1.29, 1.82) is 0 Å². The number of hydrogen-bond acceptors (Lipinski definition) is 1. The van der Waals surface area contributed by atoms with E-state index in [-0.39, 0.29) is 11.6 Å². The van der Waals surface area contributed by atoms with Crippen molar-refractivity contribution in [3.63, 3.8) is 0 Å². The summed E-state index contributed by atoms with van der Waals surface area (Å²) in [6, 6.07) is 3.61. The van der Waals surface area contributed by atoms with Gasteiger partial charge in [0.2, 0.25) is 0 Å². The van der Waals surface area contributed by atoms with Crippen LogP contribution in [0.15, 0.2) is 24.8 Å². The molecule has 0 bridgehead atoms. The minimum absolute atomic E-state index is 0.0256. The monoisotopic (exact) mass is 255 g/mol. The van der Waals surface area contributed by atoms with Gasteiger partial charge in [-0.15, -0.1) is 0 Å². The largest absolute Gasteiger partial charge is 0.417 e. The zero-order valence-corrected chi connectivity index (χ0v) is 9.55. The van der Waals surface area contributed by atoms with Crippen molar-refractivity contribution in [3.05, 3.63) is 41.5 Å². The molecule has 0 aliphatic heterocycles. The molecule has 5 heteroatoms. The number of carbonyl (C=O) groups excluding carboxylic acids is 1. The van der Waals surface area contributed by atoms with Crippen LogP contribution < -0.4 is 5.32 Å². The summed E-state index contributed by atoms with van der Waals surface area (Å²) in [5.41, 5.74) is -0.914. The van der Waals surface area contributed by atoms with Crippen molar-refractivity contribution < 1.29 is 18.0 Å². The van der Waals surface area contributed by atoms with Crippen molar-refractivity contribution in [2.24, 2.45) is 0 Å². The molecule has 0 unspecified atom stereocenters. The molecule has 1 aliphatic carbocycles. The Morgan fingerprint density at radius 1 is 1.39 bits per heavy atom. The van der Waals surface area contributed by atoms with Crippen molar-refractivity contribution in [2.75, 3.05) is 0 Å². The molecule has 0 aromatic heterocycles. The number of hydrogen-bond donors (Lipinski definition) is 1. The zero-order chi connectivity index (χ0) is 13.3. The van der Waals surface area contributed by atoms with Gasteiger partial charge in [0.25, 0.3) is 5.91 Å². The van der Waals surface area contributed by atoms with Gasteiger partial charge in [0.1, 0.15) is 0 Å². The van der Waals surface area contributed by atoms with Gasteiger partial charge < -0.3 is 5.32 Å². The molecule has 0 heterocycles. The third kappa shape index (κ3) is 2.72. The molecule has 96 valence electrons. The minimum Gasteiger partial charge on any atom is -0.349 e. The van der Waals surface area contributed by atoms with Crippen molar-refractivity contribution in [1.82, 2.24) is 5.32 Å². The molecule has 1 aromatic rings. The molecule has 18 heavy (non-hydrogen) atoms. The van der Waals surface area contributed by atoms with Crippen molar-refractivity contribution >= 4 is 12.0 Å². The Kier molecular flexibility index (Phi) is 3.15. The van der Waals surface area contributed by atoms with Crippen LogP contribution in [0.2, 0.25) is 0 Å². The van der Waals surface area contributed by atoms with Gasteiger partial charge in [0, 0.05) is 6.04 Å². The molecule has 0 atom stereocenters. The normalized spacial score (nSPS) is 15.3. The first-order chi connectivity index (χ1) is 8.41. The maximum atomic E-state index is 12.9. The average molecular weight is 255 g/mol. The van der Waals surface area contributed by atoms with Gasteiger partial charge in [0.15, 0.2) is 0 Å². The van der Waals surface area contributed by atoms with Gasteiger partial charge in [0.05, 0.1) is 11.1 Å². The highest BCUT2D eigenvalue weighted by Crippen LogP contribution is 2.33. The molecule has 0 saturated heterocycles. The third-order valence-electron chi connectivity index (χ3n) is 2.74. The van der Waals surface area contributed by atoms with E-state index in [1.807, 2.05) is 0 Å². The number of benzene rings is 1. The Morgan fingerprint density at radius 3 is 2.56 bits per heavy atom. The van der Waals surface area contributed by atoms with Crippen molar-refractivity contribution in [3.8, 4) is 0 Å². The fourth-order valence-electron chi connectivity index (χ4n) is 1.61. The van der Waals surface area contributed by atoms with Crippen LogP contribution in [0.1, 0.15) is 34.3 Å². The summed E-state index contributed by atoms with van der Waals surface area (Å²) in [4.78, 5) is 11.7. The zero-order valence-electron chi connectivity index (χ0n) is 9.55. The first-order valence-electron chi connectivity index (χ1n) is 5.56. The summed E-state index contributed by atoms with van der Waals surface area (Å²) in [5.74, 6) is -0.666. The van der Waals surface area contributed by atoms with E-state index < -0.39 is 17.6 Å². The molecule has 2 nitrogen and oxygen atoms in total. The highest BCUT2D eigenvalue weighted by atomic mass is 19.4. The topological polar surface area (TPSA) is 29.1 Å². The molecule has 1 aromatic carbocycles. The molecule has 1 fully saturated rings. The van der Waals surface area contributed by atoms with E-state index in [0.29, 0.717) is 5.56 Å². The van der Waals surface area contributed by atoms with Crippen LogP contribution in [0.25, 0.3) is 6.08 Å².